The summed E-state index contributed by atoms with van der Waals surface area (Å²) in [5, 5.41) is 3.63. The van der Waals surface area contributed by atoms with Crippen LogP contribution in [0.1, 0.15) is 25.3 Å². The Morgan fingerprint density at radius 1 is 1.52 bits per heavy atom. The Labute approximate surface area is 125 Å². The number of carbonyl (C=O) groups excluding carboxylic acids is 1. The fourth-order valence-electron chi connectivity index (χ4n) is 3.69. The van der Waals surface area contributed by atoms with E-state index in [0.29, 0.717) is 11.7 Å². The molecule has 112 valence electrons. The number of likely N-dealkylation sites (N-methyl/N-ethyl adjacent to an activating group) is 1. The van der Waals surface area contributed by atoms with Gasteiger partial charge in [-0.1, -0.05) is 24.3 Å². The number of nitrogens with zero attached hydrogens (tertiary/aromatic N) is 1. The van der Waals surface area contributed by atoms with Gasteiger partial charge < -0.3 is 10.1 Å². The number of carbonyl (C=O) groups is 1. The smallest absolute Gasteiger partial charge is 0.333 e. The molecule has 0 aromatic heterocycles. The fraction of sp³-hybridized carbons (Fsp3) is 0.471. The number of likely N-dealkylation sites (tertiary alicyclic amines) is 1. The maximum atomic E-state index is 11.6. The van der Waals surface area contributed by atoms with E-state index in [9.17, 15) is 4.79 Å². The first kappa shape index (κ1) is 14.1. The molecule has 1 fully saturated rings. The van der Waals surface area contributed by atoms with Gasteiger partial charge in [0, 0.05) is 23.2 Å². The molecule has 3 rings (SSSR count). The molecule has 1 N–H and O–H groups in total. The summed E-state index contributed by atoms with van der Waals surface area (Å²) in [6.07, 6.45) is 4.29. The van der Waals surface area contributed by atoms with Crippen LogP contribution in [-0.4, -0.2) is 37.7 Å². The standard InChI is InChI=1S/C17H22N2O2/c1-12(15(20)21-3)8-9-17-10-11-19(2)16(17)18-14-7-5-4-6-13(14)17/h4-8,16,18H,9-11H2,1-3H3/b12-8+/t16-,17-/m0/s1. The van der Waals surface area contributed by atoms with Gasteiger partial charge in [-0.3, -0.25) is 4.90 Å². The molecule has 2 atom stereocenters. The highest BCUT2D eigenvalue weighted by atomic mass is 16.5. The maximum absolute atomic E-state index is 11.6. The van der Waals surface area contributed by atoms with E-state index in [4.69, 9.17) is 4.74 Å². The lowest BCUT2D eigenvalue weighted by atomic mass is 9.76. The normalized spacial score (nSPS) is 28.0. The Hall–Kier alpha value is -1.81. The number of benzene rings is 1. The highest BCUT2D eigenvalue weighted by Gasteiger charge is 2.51. The third-order valence-corrected chi connectivity index (χ3v) is 4.91. The van der Waals surface area contributed by atoms with Gasteiger partial charge in [0.25, 0.3) is 0 Å². The number of hydrogen-bond donors (Lipinski definition) is 1. The maximum Gasteiger partial charge on any atom is 0.333 e. The molecule has 1 aromatic carbocycles. The molecule has 2 aliphatic rings. The van der Waals surface area contributed by atoms with Gasteiger partial charge >= 0.3 is 5.97 Å². The van der Waals surface area contributed by atoms with Gasteiger partial charge in [-0.2, -0.15) is 0 Å². The second-order valence-corrected chi connectivity index (χ2v) is 6.06. The zero-order valence-corrected chi connectivity index (χ0v) is 12.8. The van der Waals surface area contributed by atoms with Crippen LogP contribution in [0.25, 0.3) is 0 Å². The number of allylic oxidation sites excluding steroid dienone is 1. The predicted octanol–water partition coefficient (Wildman–Crippen LogP) is 2.52. The molecule has 4 heteroatoms. The number of hydrogen-bond acceptors (Lipinski definition) is 4. The number of esters is 1. The lowest BCUT2D eigenvalue weighted by Gasteiger charge is -2.30. The molecule has 4 nitrogen and oxygen atoms in total. The molecule has 1 saturated heterocycles. The minimum atomic E-state index is -0.242. The first-order valence-electron chi connectivity index (χ1n) is 7.40. The second kappa shape index (κ2) is 5.19. The Morgan fingerprint density at radius 3 is 3.05 bits per heavy atom. The van der Waals surface area contributed by atoms with Crippen molar-refractivity contribution in [2.24, 2.45) is 0 Å². The Balaban J connectivity index is 1.95. The molecule has 0 bridgehead atoms. The average molecular weight is 286 g/mol. The second-order valence-electron chi connectivity index (χ2n) is 6.06. The van der Waals surface area contributed by atoms with Crippen molar-refractivity contribution in [3.8, 4) is 0 Å². The van der Waals surface area contributed by atoms with E-state index < -0.39 is 0 Å². The molecule has 1 aromatic rings. The number of nitrogens with one attached hydrogen (secondary N) is 1. The summed E-state index contributed by atoms with van der Waals surface area (Å²) < 4.78 is 4.79. The lowest BCUT2D eigenvalue weighted by Crippen LogP contribution is -2.41. The minimum absolute atomic E-state index is 0.0562. The van der Waals surface area contributed by atoms with Crippen LogP contribution >= 0.6 is 0 Å². The predicted molar refractivity (Wildman–Crippen MR) is 83.2 cm³/mol. The van der Waals surface area contributed by atoms with Gasteiger partial charge in [0.2, 0.25) is 0 Å². The Bertz CT molecular complexity index is 596. The van der Waals surface area contributed by atoms with E-state index in [1.54, 1.807) is 0 Å². The van der Waals surface area contributed by atoms with Crippen LogP contribution in [0.3, 0.4) is 0 Å². The van der Waals surface area contributed by atoms with Crippen molar-refractivity contribution < 1.29 is 9.53 Å². The van der Waals surface area contributed by atoms with E-state index in [0.717, 1.165) is 19.4 Å². The molecule has 0 amide bonds. The van der Waals surface area contributed by atoms with E-state index in [1.807, 2.05) is 13.0 Å². The molecule has 0 saturated carbocycles. The molecular weight excluding hydrogens is 264 g/mol. The topological polar surface area (TPSA) is 41.6 Å². The molecule has 2 aliphatic heterocycles. The van der Waals surface area contributed by atoms with Gasteiger partial charge in [-0.05, 0) is 38.4 Å². The Morgan fingerprint density at radius 2 is 2.29 bits per heavy atom. The van der Waals surface area contributed by atoms with Crippen LogP contribution in [0.5, 0.6) is 0 Å². The SMILES string of the molecule is COC(=O)/C(C)=C/C[C@@]12CCN(C)[C@@H]1Nc1ccccc12. The number of ether oxygens (including phenoxy) is 1. The van der Waals surface area contributed by atoms with E-state index in [-0.39, 0.29) is 11.4 Å². The average Bonchev–Trinajstić information content (AvgIpc) is 3.00. The summed E-state index contributed by atoms with van der Waals surface area (Å²) in [5.41, 5.74) is 3.33. The first-order chi connectivity index (χ1) is 10.1. The van der Waals surface area contributed by atoms with Crippen molar-refractivity contribution >= 4 is 11.7 Å². The van der Waals surface area contributed by atoms with Gasteiger partial charge in [0.05, 0.1) is 13.3 Å². The third kappa shape index (κ3) is 2.14. The number of fused-ring (bicyclic) bond motifs is 3. The van der Waals surface area contributed by atoms with Crippen molar-refractivity contribution in [1.29, 1.82) is 0 Å². The van der Waals surface area contributed by atoms with Crippen molar-refractivity contribution in [1.82, 2.24) is 4.90 Å². The molecule has 2 heterocycles. The quantitative estimate of drug-likeness (QED) is 0.685. The van der Waals surface area contributed by atoms with Crippen molar-refractivity contribution in [3.63, 3.8) is 0 Å². The summed E-state index contributed by atoms with van der Waals surface area (Å²) in [6.45, 7) is 2.89. The van der Waals surface area contributed by atoms with Crippen LogP contribution in [0, 0.1) is 0 Å². The summed E-state index contributed by atoms with van der Waals surface area (Å²) in [6, 6.07) is 8.51. The van der Waals surface area contributed by atoms with E-state index >= 15 is 0 Å². The molecule has 21 heavy (non-hydrogen) atoms. The monoisotopic (exact) mass is 286 g/mol. The van der Waals surface area contributed by atoms with Gasteiger partial charge in [-0.25, -0.2) is 4.79 Å². The van der Waals surface area contributed by atoms with Crippen LogP contribution in [0.15, 0.2) is 35.9 Å². The van der Waals surface area contributed by atoms with Crippen molar-refractivity contribution in [2.45, 2.75) is 31.3 Å². The number of methoxy groups -OCH3 is 1. The largest absolute Gasteiger partial charge is 0.466 e. The fourth-order valence-corrected chi connectivity index (χ4v) is 3.69. The highest BCUT2D eigenvalue weighted by molar-refractivity contribution is 5.87. The minimum Gasteiger partial charge on any atom is -0.466 e. The first-order valence-corrected chi connectivity index (χ1v) is 7.40. The summed E-state index contributed by atoms with van der Waals surface area (Å²) in [5.74, 6) is -0.242. The number of rotatable bonds is 3. The zero-order chi connectivity index (χ0) is 15.0. The van der Waals surface area contributed by atoms with Crippen LogP contribution < -0.4 is 5.32 Å². The lowest BCUT2D eigenvalue weighted by molar-refractivity contribution is -0.136. The van der Waals surface area contributed by atoms with E-state index in [2.05, 4.69) is 41.5 Å². The number of para-hydroxylation sites is 1. The van der Waals surface area contributed by atoms with Gasteiger partial charge in [0.1, 0.15) is 0 Å². The molecular formula is C17H22N2O2. The van der Waals surface area contributed by atoms with Crippen LogP contribution in [0.2, 0.25) is 0 Å². The molecule has 0 radical (unpaired) electrons. The van der Waals surface area contributed by atoms with E-state index in [1.165, 1.54) is 18.4 Å². The number of anilines is 1. The summed E-state index contributed by atoms with van der Waals surface area (Å²) in [7, 11) is 3.58. The van der Waals surface area contributed by atoms with Gasteiger partial charge in [-0.15, -0.1) is 0 Å². The Kier molecular flexibility index (Phi) is 3.49. The van der Waals surface area contributed by atoms with Crippen molar-refractivity contribution in [2.75, 3.05) is 26.0 Å². The van der Waals surface area contributed by atoms with Gasteiger partial charge in [0.15, 0.2) is 0 Å². The third-order valence-electron chi connectivity index (χ3n) is 4.91. The van der Waals surface area contributed by atoms with Crippen LogP contribution in [-0.2, 0) is 14.9 Å². The highest BCUT2D eigenvalue weighted by Crippen LogP contribution is 2.50. The summed E-state index contributed by atoms with van der Waals surface area (Å²) >= 11 is 0. The van der Waals surface area contributed by atoms with Crippen molar-refractivity contribution in [3.05, 3.63) is 41.5 Å². The zero-order valence-electron chi connectivity index (χ0n) is 12.8. The van der Waals surface area contributed by atoms with Crippen LogP contribution in [0.4, 0.5) is 5.69 Å². The summed E-state index contributed by atoms with van der Waals surface area (Å²) in [4.78, 5) is 14.0. The molecule has 0 spiro atoms. The molecule has 0 aliphatic carbocycles. The molecule has 0 unspecified atom stereocenters.